The molecule has 3 nitrogen and oxygen atoms in total. The zero-order valence-corrected chi connectivity index (χ0v) is 14.0. The summed E-state index contributed by atoms with van der Waals surface area (Å²) < 4.78 is 12.2. The summed E-state index contributed by atoms with van der Waals surface area (Å²) in [6.07, 6.45) is 4.26. The molecule has 0 aromatic heterocycles. The normalized spacial score (nSPS) is 14.9. The SMILES string of the molecule is CCCNC(CCc1cc(Br)cc2c1OCC2)COC. The molecule has 4 heteroatoms. The molecule has 1 N–H and O–H groups in total. The zero-order valence-electron chi connectivity index (χ0n) is 12.4. The van der Waals surface area contributed by atoms with Crippen LogP contribution >= 0.6 is 15.9 Å². The van der Waals surface area contributed by atoms with Crippen LogP contribution in [-0.4, -0.2) is 32.9 Å². The highest BCUT2D eigenvalue weighted by molar-refractivity contribution is 9.10. The van der Waals surface area contributed by atoms with E-state index < -0.39 is 0 Å². The van der Waals surface area contributed by atoms with Crippen LogP contribution in [0, 0.1) is 0 Å². The number of hydrogen-bond donors (Lipinski definition) is 1. The molecule has 1 unspecified atom stereocenters. The third-order valence-corrected chi connectivity index (χ3v) is 4.10. The van der Waals surface area contributed by atoms with Gasteiger partial charge in [0.25, 0.3) is 0 Å². The molecule has 0 bridgehead atoms. The predicted octanol–water partition coefficient (Wildman–Crippen LogP) is 3.33. The van der Waals surface area contributed by atoms with Gasteiger partial charge in [0.2, 0.25) is 0 Å². The number of benzene rings is 1. The zero-order chi connectivity index (χ0) is 14.4. The Bertz CT molecular complexity index is 437. The number of fused-ring (bicyclic) bond motifs is 1. The number of nitrogens with one attached hydrogen (secondary N) is 1. The van der Waals surface area contributed by atoms with Gasteiger partial charge in [-0.15, -0.1) is 0 Å². The van der Waals surface area contributed by atoms with Crippen molar-refractivity contribution in [1.29, 1.82) is 0 Å². The third kappa shape index (κ3) is 4.21. The average molecular weight is 342 g/mol. The molecule has 1 aromatic rings. The van der Waals surface area contributed by atoms with Crippen LogP contribution in [0.5, 0.6) is 5.75 Å². The second kappa shape index (κ2) is 8.01. The topological polar surface area (TPSA) is 30.5 Å². The summed E-state index contributed by atoms with van der Waals surface area (Å²) in [7, 11) is 1.76. The van der Waals surface area contributed by atoms with Crippen molar-refractivity contribution in [3.05, 3.63) is 27.7 Å². The van der Waals surface area contributed by atoms with Gasteiger partial charge in [0.15, 0.2) is 0 Å². The lowest BCUT2D eigenvalue weighted by atomic mass is 10.0. The van der Waals surface area contributed by atoms with Gasteiger partial charge in [-0.05, 0) is 49.1 Å². The molecule has 0 radical (unpaired) electrons. The van der Waals surface area contributed by atoms with Crippen molar-refractivity contribution in [3.63, 3.8) is 0 Å². The molecular weight excluding hydrogens is 318 g/mol. The molecule has 0 fully saturated rings. The number of methoxy groups -OCH3 is 1. The van der Waals surface area contributed by atoms with E-state index in [-0.39, 0.29) is 0 Å². The summed E-state index contributed by atoms with van der Waals surface area (Å²) in [6, 6.07) is 4.78. The summed E-state index contributed by atoms with van der Waals surface area (Å²) in [6.45, 7) is 4.80. The first kappa shape index (κ1) is 15.8. The van der Waals surface area contributed by atoms with E-state index in [1.165, 1.54) is 11.1 Å². The molecule has 0 amide bonds. The lowest BCUT2D eigenvalue weighted by molar-refractivity contribution is 0.162. The minimum atomic E-state index is 0.413. The quantitative estimate of drug-likeness (QED) is 0.786. The molecule has 1 aromatic carbocycles. The minimum absolute atomic E-state index is 0.413. The van der Waals surface area contributed by atoms with Crippen LogP contribution in [0.2, 0.25) is 0 Å². The van der Waals surface area contributed by atoms with Gasteiger partial charge in [-0.2, -0.15) is 0 Å². The van der Waals surface area contributed by atoms with Gasteiger partial charge in [-0.25, -0.2) is 0 Å². The lowest BCUT2D eigenvalue weighted by Gasteiger charge is -2.18. The van der Waals surface area contributed by atoms with Crippen molar-refractivity contribution >= 4 is 15.9 Å². The second-order valence-corrected chi connectivity index (χ2v) is 6.21. The summed E-state index contributed by atoms with van der Waals surface area (Å²) in [5.74, 6) is 1.11. The summed E-state index contributed by atoms with van der Waals surface area (Å²) >= 11 is 3.60. The molecule has 0 saturated heterocycles. The average Bonchev–Trinajstić information content (AvgIpc) is 2.89. The van der Waals surface area contributed by atoms with Crippen LogP contribution in [0.3, 0.4) is 0 Å². The fourth-order valence-electron chi connectivity index (χ4n) is 2.66. The molecular formula is C16H24BrNO2. The van der Waals surface area contributed by atoms with Crippen LogP contribution in [-0.2, 0) is 17.6 Å². The van der Waals surface area contributed by atoms with Gasteiger partial charge in [0.1, 0.15) is 5.75 Å². The van der Waals surface area contributed by atoms with Gasteiger partial charge in [-0.1, -0.05) is 22.9 Å². The maximum Gasteiger partial charge on any atom is 0.125 e. The second-order valence-electron chi connectivity index (χ2n) is 5.30. The third-order valence-electron chi connectivity index (χ3n) is 3.64. The Morgan fingerprint density at radius 2 is 2.30 bits per heavy atom. The van der Waals surface area contributed by atoms with Crippen LogP contribution < -0.4 is 10.1 Å². The van der Waals surface area contributed by atoms with Crippen LogP contribution in [0.15, 0.2) is 16.6 Å². The first-order chi connectivity index (χ1) is 9.74. The van der Waals surface area contributed by atoms with Crippen LogP contribution in [0.1, 0.15) is 30.9 Å². The van der Waals surface area contributed by atoms with Crippen molar-refractivity contribution in [3.8, 4) is 5.75 Å². The lowest BCUT2D eigenvalue weighted by Crippen LogP contribution is -2.34. The number of rotatable bonds is 8. The fourth-order valence-corrected chi connectivity index (χ4v) is 3.21. The molecule has 1 heterocycles. The van der Waals surface area contributed by atoms with Gasteiger partial charge in [0.05, 0.1) is 13.2 Å². The van der Waals surface area contributed by atoms with Crippen molar-refractivity contribution < 1.29 is 9.47 Å². The molecule has 112 valence electrons. The molecule has 20 heavy (non-hydrogen) atoms. The first-order valence-corrected chi connectivity index (χ1v) is 8.20. The van der Waals surface area contributed by atoms with Crippen molar-refractivity contribution in [2.45, 2.75) is 38.6 Å². The Kier molecular flexibility index (Phi) is 6.33. The number of hydrogen-bond acceptors (Lipinski definition) is 3. The van der Waals surface area contributed by atoms with E-state index in [4.69, 9.17) is 9.47 Å². The predicted molar refractivity (Wildman–Crippen MR) is 85.6 cm³/mol. The Labute approximate surface area is 130 Å². The summed E-state index contributed by atoms with van der Waals surface area (Å²) in [5, 5.41) is 3.55. The van der Waals surface area contributed by atoms with E-state index in [0.29, 0.717) is 6.04 Å². The molecule has 0 aliphatic carbocycles. The Hall–Kier alpha value is -0.580. The van der Waals surface area contributed by atoms with Gasteiger partial charge in [0, 0.05) is 24.0 Å². The maximum absolute atomic E-state index is 5.79. The maximum atomic E-state index is 5.79. The van der Waals surface area contributed by atoms with Crippen LogP contribution in [0.25, 0.3) is 0 Å². The molecule has 0 saturated carbocycles. The highest BCUT2D eigenvalue weighted by atomic mass is 79.9. The number of halogens is 1. The highest BCUT2D eigenvalue weighted by Crippen LogP contribution is 2.33. The van der Waals surface area contributed by atoms with E-state index in [9.17, 15) is 0 Å². The Balaban J connectivity index is 1.98. The molecule has 1 aliphatic heterocycles. The van der Waals surface area contributed by atoms with Crippen molar-refractivity contribution in [1.82, 2.24) is 5.32 Å². The van der Waals surface area contributed by atoms with Crippen LogP contribution in [0.4, 0.5) is 0 Å². The molecule has 2 rings (SSSR count). The first-order valence-electron chi connectivity index (χ1n) is 7.41. The van der Waals surface area contributed by atoms with Crippen molar-refractivity contribution in [2.75, 3.05) is 26.9 Å². The fraction of sp³-hybridized carbons (Fsp3) is 0.625. The molecule has 1 aliphatic rings. The standard InChI is InChI=1S/C16H24BrNO2/c1-3-7-18-15(11-19-2)5-4-12-9-14(17)10-13-6-8-20-16(12)13/h9-10,15,18H,3-8,11H2,1-2H3. The highest BCUT2D eigenvalue weighted by Gasteiger charge is 2.18. The monoisotopic (exact) mass is 341 g/mol. The van der Waals surface area contributed by atoms with E-state index in [2.05, 4.69) is 40.3 Å². The van der Waals surface area contributed by atoms with Crippen molar-refractivity contribution in [2.24, 2.45) is 0 Å². The van der Waals surface area contributed by atoms with E-state index in [0.717, 1.165) is 55.7 Å². The molecule has 1 atom stereocenters. The smallest absolute Gasteiger partial charge is 0.125 e. The Morgan fingerprint density at radius 1 is 1.45 bits per heavy atom. The van der Waals surface area contributed by atoms with Gasteiger partial charge in [-0.3, -0.25) is 0 Å². The van der Waals surface area contributed by atoms with E-state index in [1.807, 2.05) is 0 Å². The number of aryl methyl sites for hydroxylation is 1. The van der Waals surface area contributed by atoms with Gasteiger partial charge >= 0.3 is 0 Å². The minimum Gasteiger partial charge on any atom is -0.493 e. The summed E-state index contributed by atoms with van der Waals surface area (Å²) in [4.78, 5) is 0. The molecule has 0 spiro atoms. The largest absolute Gasteiger partial charge is 0.493 e. The van der Waals surface area contributed by atoms with E-state index >= 15 is 0 Å². The number of ether oxygens (including phenoxy) is 2. The van der Waals surface area contributed by atoms with E-state index in [1.54, 1.807) is 7.11 Å². The Morgan fingerprint density at radius 3 is 3.05 bits per heavy atom. The summed E-state index contributed by atoms with van der Waals surface area (Å²) in [5.41, 5.74) is 2.64. The van der Waals surface area contributed by atoms with Gasteiger partial charge < -0.3 is 14.8 Å².